The van der Waals surface area contributed by atoms with Gasteiger partial charge in [-0.25, -0.2) is 13.4 Å². The van der Waals surface area contributed by atoms with E-state index in [1.165, 1.54) is 12.1 Å². The van der Waals surface area contributed by atoms with Crippen LogP contribution in [0, 0.1) is 0 Å². The lowest BCUT2D eigenvalue weighted by Gasteiger charge is -2.24. The van der Waals surface area contributed by atoms with Crippen molar-refractivity contribution < 1.29 is 13.5 Å². The Bertz CT molecular complexity index is 1160. The van der Waals surface area contributed by atoms with Crippen molar-refractivity contribution in [3.05, 3.63) is 89.2 Å². The standard InChI is InChI=1S/C21H18ClN3O3S/c1-29(27,28)19-8-2-15(3-9-19)20-24-21(26,16-10-12-23-13-11-16)14-25(20)18-6-4-17(22)5-7-18/h2-13,26H,14H2,1H3. The lowest BCUT2D eigenvalue weighted by molar-refractivity contribution is 0.0647. The zero-order chi connectivity index (χ0) is 20.6. The number of nitrogens with zero attached hydrogens (tertiary/aromatic N) is 3. The number of aliphatic imine (C=N–C) groups is 1. The van der Waals surface area contributed by atoms with Gasteiger partial charge in [0, 0.05) is 40.5 Å². The van der Waals surface area contributed by atoms with Crippen LogP contribution < -0.4 is 4.90 Å². The van der Waals surface area contributed by atoms with Gasteiger partial charge in [0.15, 0.2) is 9.84 Å². The fraction of sp³-hybridized carbons (Fsp3) is 0.143. The first kappa shape index (κ1) is 19.6. The maximum absolute atomic E-state index is 11.8. The van der Waals surface area contributed by atoms with Crippen LogP contribution >= 0.6 is 11.6 Å². The topological polar surface area (TPSA) is 82.9 Å². The number of aliphatic hydroxyl groups is 1. The highest BCUT2D eigenvalue weighted by Crippen LogP contribution is 2.35. The Morgan fingerprint density at radius 1 is 1.00 bits per heavy atom. The minimum atomic E-state index is -3.30. The van der Waals surface area contributed by atoms with E-state index in [1.54, 1.807) is 48.8 Å². The summed E-state index contributed by atoms with van der Waals surface area (Å²) in [7, 11) is -3.30. The monoisotopic (exact) mass is 427 g/mol. The Morgan fingerprint density at radius 3 is 2.21 bits per heavy atom. The van der Waals surface area contributed by atoms with E-state index in [-0.39, 0.29) is 11.4 Å². The highest BCUT2D eigenvalue weighted by molar-refractivity contribution is 7.90. The summed E-state index contributed by atoms with van der Waals surface area (Å²) in [6.45, 7) is 0.196. The van der Waals surface area contributed by atoms with Gasteiger partial charge in [0.2, 0.25) is 5.72 Å². The molecule has 3 aromatic rings. The van der Waals surface area contributed by atoms with E-state index in [4.69, 9.17) is 11.6 Å². The van der Waals surface area contributed by atoms with Gasteiger partial charge in [-0.2, -0.15) is 0 Å². The van der Waals surface area contributed by atoms with Crippen molar-refractivity contribution in [3.63, 3.8) is 0 Å². The Kier molecular flexibility index (Phi) is 4.90. The molecule has 0 bridgehead atoms. The van der Waals surface area contributed by atoms with E-state index in [2.05, 4.69) is 9.98 Å². The third kappa shape index (κ3) is 3.89. The van der Waals surface area contributed by atoms with Gasteiger partial charge in [-0.05, 0) is 60.7 Å². The molecule has 0 fully saturated rings. The number of pyridine rings is 1. The van der Waals surface area contributed by atoms with Gasteiger partial charge < -0.3 is 10.0 Å². The number of β-amino-alcohol motifs (C(OH)–C–C–N with tert-alkyl or cyclic N) is 1. The molecule has 29 heavy (non-hydrogen) atoms. The van der Waals surface area contributed by atoms with Gasteiger partial charge in [0.1, 0.15) is 5.84 Å². The normalized spacial score (nSPS) is 19.3. The summed E-state index contributed by atoms with van der Waals surface area (Å²) in [5.41, 5.74) is 0.657. The lowest BCUT2D eigenvalue weighted by atomic mass is 10.1. The van der Waals surface area contributed by atoms with Crippen LogP contribution in [0.5, 0.6) is 0 Å². The molecule has 148 valence electrons. The summed E-state index contributed by atoms with van der Waals surface area (Å²) in [6, 6.07) is 17.1. The van der Waals surface area contributed by atoms with E-state index in [0.29, 0.717) is 22.0 Å². The zero-order valence-electron chi connectivity index (χ0n) is 15.5. The summed E-state index contributed by atoms with van der Waals surface area (Å²) in [4.78, 5) is 10.7. The SMILES string of the molecule is CS(=O)(=O)c1ccc(C2=NC(O)(c3ccncc3)CN2c2ccc(Cl)cc2)cc1. The van der Waals surface area contributed by atoms with Gasteiger partial charge in [-0.3, -0.25) is 4.98 Å². The smallest absolute Gasteiger partial charge is 0.202 e. The number of anilines is 1. The number of halogens is 1. The van der Waals surface area contributed by atoms with Crippen LogP contribution in [0.25, 0.3) is 0 Å². The number of sulfone groups is 1. The summed E-state index contributed by atoms with van der Waals surface area (Å²) < 4.78 is 23.5. The lowest BCUT2D eigenvalue weighted by Crippen LogP contribution is -2.34. The molecule has 0 saturated carbocycles. The molecule has 1 atom stereocenters. The second-order valence-corrected chi connectivity index (χ2v) is 9.30. The van der Waals surface area contributed by atoms with E-state index in [1.807, 2.05) is 17.0 Å². The van der Waals surface area contributed by atoms with Gasteiger partial charge in [0.05, 0.1) is 11.4 Å². The molecule has 0 spiro atoms. The number of benzene rings is 2. The van der Waals surface area contributed by atoms with Crippen LogP contribution in [-0.2, 0) is 15.6 Å². The quantitative estimate of drug-likeness (QED) is 0.691. The van der Waals surface area contributed by atoms with Crippen molar-refractivity contribution >= 4 is 33.0 Å². The first-order valence-corrected chi connectivity index (χ1v) is 11.1. The average Bonchev–Trinajstić information content (AvgIpc) is 3.08. The summed E-state index contributed by atoms with van der Waals surface area (Å²) in [6.07, 6.45) is 4.37. The predicted molar refractivity (Wildman–Crippen MR) is 113 cm³/mol. The summed E-state index contributed by atoms with van der Waals surface area (Å²) >= 11 is 6.02. The molecule has 0 aliphatic carbocycles. The third-order valence-corrected chi connectivity index (χ3v) is 6.13. The predicted octanol–water partition coefficient (Wildman–Crippen LogP) is 3.25. The van der Waals surface area contributed by atoms with Crippen molar-refractivity contribution in [3.8, 4) is 0 Å². The van der Waals surface area contributed by atoms with Gasteiger partial charge >= 0.3 is 0 Å². The molecule has 4 rings (SSSR count). The van der Waals surface area contributed by atoms with Crippen molar-refractivity contribution in [1.82, 2.24) is 4.98 Å². The molecule has 0 amide bonds. The molecule has 1 N–H and O–H groups in total. The number of amidine groups is 1. The molecular formula is C21H18ClN3O3S. The van der Waals surface area contributed by atoms with Crippen molar-refractivity contribution in [2.24, 2.45) is 4.99 Å². The Labute approximate surface area is 174 Å². The van der Waals surface area contributed by atoms with Crippen molar-refractivity contribution in [1.29, 1.82) is 0 Å². The van der Waals surface area contributed by atoms with Crippen molar-refractivity contribution in [2.75, 3.05) is 17.7 Å². The molecule has 0 saturated heterocycles. The maximum Gasteiger partial charge on any atom is 0.202 e. The molecule has 0 radical (unpaired) electrons. The van der Waals surface area contributed by atoms with E-state index < -0.39 is 15.6 Å². The molecule has 1 aliphatic heterocycles. The molecule has 6 nitrogen and oxygen atoms in total. The maximum atomic E-state index is 11.8. The van der Waals surface area contributed by atoms with Gasteiger partial charge in [0.25, 0.3) is 0 Å². The molecule has 2 aromatic carbocycles. The molecule has 1 aliphatic rings. The van der Waals surface area contributed by atoms with Crippen LogP contribution in [-0.4, -0.2) is 37.1 Å². The molecule has 1 aromatic heterocycles. The first-order chi connectivity index (χ1) is 13.8. The largest absolute Gasteiger partial charge is 0.364 e. The van der Waals surface area contributed by atoms with Crippen molar-refractivity contribution in [2.45, 2.75) is 10.6 Å². The number of aromatic nitrogens is 1. The summed E-state index contributed by atoms with van der Waals surface area (Å²) in [5.74, 6) is 0.534. The van der Waals surface area contributed by atoms with Crippen LogP contribution in [0.3, 0.4) is 0 Å². The second kappa shape index (κ2) is 7.26. The van der Waals surface area contributed by atoms with E-state index >= 15 is 0 Å². The third-order valence-electron chi connectivity index (χ3n) is 4.75. The van der Waals surface area contributed by atoms with Crippen LogP contribution in [0.2, 0.25) is 5.02 Å². The number of hydrogen-bond donors (Lipinski definition) is 1. The number of rotatable bonds is 4. The summed E-state index contributed by atoms with van der Waals surface area (Å²) in [5, 5.41) is 11.9. The second-order valence-electron chi connectivity index (χ2n) is 6.85. The van der Waals surface area contributed by atoms with E-state index in [0.717, 1.165) is 11.9 Å². The Hall–Kier alpha value is -2.74. The molecule has 1 unspecified atom stereocenters. The first-order valence-electron chi connectivity index (χ1n) is 8.83. The van der Waals surface area contributed by atoms with E-state index in [9.17, 15) is 13.5 Å². The average molecular weight is 428 g/mol. The van der Waals surface area contributed by atoms with Gasteiger partial charge in [-0.1, -0.05) is 11.6 Å². The molecular weight excluding hydrogens is 410 g/mol. The Morgan fingerprint density at radius 2 is 1.62 bits per heavy atom. The molecule has 8 heteroatoms. The fourth-order valence-corrected chi connectivity index (χ4v) is 4.00. The minimum absolute atomic E-state index is 0.196. The highest BCUT2D eigenvalue weighted by atomic mass is 35.5. The van der Waals surface area contributed by atoms with Crippen LogP contribution in [0.4, 0.5) is 5.69 Å². The Balaban J connectivity index is 1.81. The molecule has 2 heterocycles. The highest BCUT2D eigenvalue weighted by Gasteiger charge is 2.40. The minimum Gasteiger partial charge on any atom is -0.364 e. The van der Waals surface area contributed by atoms with Crippen LogP contribution in [0.15, 0.2) is 82.9 Å². The van der Waals surface area contributed by atoms with Crippen LogP contribution in [0.1, 0.15) is 11.1 Å². The zero-order valence-corrected chi connectivity index (χ0v) is 17.1. The fourth-order valence-electron chi connectivity index (χ4n) is 3.25. The number of hydrogen-bond acceptors (Lipinski definition) is 6. The van der Waals surface area contributed by atoms with Gasteiger partial charge in [-0.15, -0.1) is 0 Å².